The molecule has 8 heteroatoms. The number of anilines is 1. The molecule has 2 aliphatic heterocycles. The molecule has 4 rings (SSSR count). The standard InChI is InChI=1S/C18H16F2N2O3S/c19-13-5-7-14(8-6-13)22-17-11-26(24,25)10-16(17)21(18(22)23)9-12-3-1-2-4-15(12)20/h1-8,16-17H,9-11H2/t16-,17+/m0/s1. The number of halogens is 2. The van der Waals surface area contributed by atoms with Crippen LogP contribution < -0.4 is 4.90 Å². The van der Waals surface area contributed by atoms with Crippen molar-refractivity contribution < 1.29 is 22.0 Å². The predicted octanol–water partition coefficient (Wildman–Crippen LogP) is 2.57. The van der Waals surface area contributed by atoms with Gasteiger partial charge in [0.2, 0.25) is 0 Å². The van der Waals surface area contributed by atoms with E-state index in [4.69, 9.17) is 0 Å². The third-order valence-electron chi connectivity index (χ3n) is 4.88. The largest absolute Gasteiger partial charge is 0.325 e. The summed E-state index contributed by atoms with van der Waals surface area (Å²) in [4.78, 5) is 15.8. The van der Waals surface area contributed by atoms with Gasteiger partial charge in [0.25, 0.3) is 0 Å². The van der Waals surface area contributed by atoms with Crippen LogP contribution in [0.3, 0.4) is 0 Å². The second kappa shape index (κ2) is 6.05. The van der Waals surface area contributed by atoms with Crippen LogP contribution in [0.2, 0.25) is 0 Å². The van der Waals surface area contributed by atoms with Crippen molar-refractivity contribution in [3.63, 3.8) is 0 Å². The van der Waals surface area contributed by atoms with E-state index >= 15 is 0 Å². The SMILES string of the molecule is O=C1N(Cc2ccccc2F)[C@H]2CS(=O)(=O)C[C@H]2N1c1ccc(F)cc1. The Hall–Kier alpha value is -2.48. The van der Waals surface area contributed by atoms with Gasteiger partial charge in [-0.2, -0.15) is 0 Å². The van der Waals surface area contributed by atoms with Crippen molar-refractivity contribution in [2.45, 2.75) is 18.6 Å². The second-order valence-electron chi connectivity index (χ2n) is 6.56. The van der Waals surface area contributed by atoms with Crippen LogP contribution in [0.5, 0.6) is 0 Å². The first-order valence-electron chi connectivity index (χ1n) is 8.15. The van der Waals surface area contributed by atoms with E-state index in [1.54, 1.807) is 18.2 Å². The van der Waals surface area contributed by atoms with E-state index in [1.807, 2.05) is 0 Å². The van der Waals surface area contributed by atoms with Crippen molar-refractivity contribution in [1.29, 1.82) is 0 Å². The summed E-state index contributed by atoms with van der Waals surface area (Å²) in [7, 11) is -3.32. The average Bonchev–Trinajstić information content (AvgIpc) is 3.02. The van der Waals surface area contributed by atoms with Gasteiger partial charge in [-0.15, -0.1) is 0 Å². The third-order valence-corrected chi connectivity index (χ3v) is 6.58. The van der Waals surface area contributed by atoms with Gasteiger partial charge in [0.1, 0.15) is 11.6 Å². The Kier molecular flexibility index (Phi) is 3.95. The van der Waals surface area contributed by atoms with Crippen molar-refractivity contribution >= 4 is 21.6 Å². The highest BCUT2D eigenvalue weighted by Crippen LogP contribution is 2.36. The van der Waals surface area contributed by atoms with Crippen molar-refractivity contribution in [3.8, 4) is 0 Å². The lowest BCUT2D eigenvalue weighted by Gasteiger charge is -2.22. The summed E-state index contributed by atoms with van der Waals surface area (Å²) in [6.45, 7) is -0.0140. The summed E-state index contributed by atoms with van der Waals surface area (Å²) in [6.07, 6.45) is 0. The molecule has 2 aromatic rings. The zero-order valence-electron chi connectivity index (χ0n) is 13.7. The van der Waals surface area contributed by atoms with E-state index in [-0.39, 0.29) is 18.1 Å². The molecule has 136 valence electrons. The molecule has 0 bridgehead atoms. The Morgan fingerprint density at radius 2 is 1.62 bits per heavy atom. The first kappa shape index (κ1) is 17.0. The Bertz CT molecular complexity index is 963. The maximum absolute atomic E-state index is 14.0. The van der Waals surface area contributed by atoms with Gasteiger partial charge in [0.05, 0.1) is 30.1 Å². The molecule has 0 aliphatic carbocycles. The van der Waals surface area contributed by atoms with Gasteiger partial charge in [-0.1, -0.05) is 18.2 Å². The lowest BCUT2D eigenvalue weighted by atomic mass is 10.1. The van der Waals surface area contributed by atoms with Crippen molar-refractivity contribution in [2.24, 2.45) is 0 Å². The van der Waals surface area contributed by atoms with Gasteiger partial charge >= 0.3 is 6.03 Å². The van der Waals surface area contributed by atoms with Crippen molar-refractivity contribution in [2.75, 3.05) is 16.4 Å². The minimum atomic E-state index is -3.32. The van der Waals surface area contributed by atoms with Crippen LogP contribution in [0.4, 0.5) is 19.3 Å². The number of benzene rings is 2. The second-order valence-corrected chi connectivity index (χ2v) is 8.71. The molecule has 2 aromatic carbocycles. The predicted molar refractivity (Wildman–Crippen MR) is 92.4 cm³/mol. The zero-order valence-corrected chi connectivity index (χ0v) is 14.5. The molecule has 0 radical (unpaired) electrons. The summed E-state index contributed by atoms with van der Waals surface area (Å²) >= 11 is 0. The maximum atomic E-state index is 14.0. The smallest absolute Gasteiger partial charge is 0.314 e. The summed E-state index contributed by atoms with van der Waals surface area (Å²) in [5.74, 6) is -1.21. The van der Waals surface area contributed by atoms with E-state index in [1.165, 1.54) is 40.1 Å². The minimum absolute atomic E-state index is 0.0140. The molecule has 2 amide bonds. The molecule has 0 aromatic heterocycles. The fourth-order valence-corrected chi connectivity index (χ4v) is 5.63. The highest BCUT2D eigenvalue weighted by atomic mass is 32.2. The molecule has 26 heavy (non-hydrogen) atoms. The van der Waals surface area contributed by atoms with Crippen LogP contribution in [0.25, 0.3) is 0 Å². The molecule has 5 nitrogen and oxygen atoms in total. The monoisotopic (exact) mass is 378 g/mol. The summed E-state index contributed by atoms with van der Waals surface area (Å²) in [5.41, 5.74) is 0.754. The summed E-state index contributed by atoms with van der Waals surface area (Å²) in [5, 5.41) is 0. The third kappa shape index (κ3) is 2.84. The number of urea groups is 1. The molecule has 2 aliphatic rings. The first-order valence-corrected chi connectivity index (χ1v) is 9.97. The molecular formula is C18H16F2N2O3S. The molecule has 2 saturated heterocycles. The van der Waals surface area contributed by atoms with Crippen LogP contribution >= 0.6 is 0 Å². The number of amides is 2. The molecule has 2 atom stereocenters. The Labute approximate surface area is 149 Å². The molecular weight excluding hydrogens is 362 g/mol. The Balaban J connectivity index is 1.72. The Morgan fingerprint density at radius 1 is 0.962 bits per heavy atom. The maximum Gasteiger partial charge on any atom is 0.325 e. The molecule has 2 heterocycles. The lowest BCUT2D eigenvalue weighted by molar-refractivity contribution is 0.205. The highest BCUT2D eigenvalue weighted by molar-refractivity contribution is 7.91. The molecule has 0 unspecified atom stereocenters. The van der Waals surface area contributed by atoms with Gasteiger partial charge in [0, 0.05) is 11.3 Å². The average molecular weight is 378 g/mol. The van der Waals surface area contributed by atoms with Crippen LogP contribution in [0.1, 0.15) is 5.56 Å². The fourth-order valence-electron chi connectivity index (χ4n) is 3.68. The number of hydrogen-bond donors (Lipinski definition) is 0. The number of fused-ring (bicyclic) bond motifs is 1. The summed E-state index contributed by atoms with van der Waals surface area (Å²) in [6, 6.07) is 9.91. The number of carbonyl (C=O) groups excluding carboxylic acids is 1. The van der Waals surface area contributed by atoms with Crippen LogP contribution in [-0.4, -0.2) is 42.9 Å². The number of rotatable bonds is 3. The van der Waals surface area contributed by atoms with Gasteiger partial charge in [-0.05, 0) is 30.3 Å². The fraction of sp³-hybridized carbons (Fsp3) is 0.278. The van der Waals surface area contributed by atoms with Crippen LogP contribution in [-0.2, 0) is 16.4 Å². The van der Waals surface area contributed by atoms with Crippen molar-refractivity contribution in [3.05, 3.63) is 65.7 Å². The number of sulfone groups is 1. The summed E-state index contributed by atoms with van der Waals surface area (Å²) < 4.78 is 51.5. The number of carbonyl (C=O) groups is 1. The normalized spacial score (nSPS) is 24.2. The molecule has 0 N–H and O–H groups in total. The molecule has 0 saturated carbocycles. The number of nitrogens with zero attached hydrogens (tertiary/aromatic N) is 2. The van der Waals surface area contributed by atoms with Gasteiger partial charge in [-0.3, -0.25) is 4.90 Å². The van der Waals surface area contributed by atoms with Gasteiger partial charge < -0.3 is 4.90 Å². The highest BCUT2D eigenvalue weighted by Gasteiger charge is 2.53. The van der Waals surface area contributed by atoms with Gasteiger partial charge in [0.15, 0.2) is 9.84 Å². The first-order chi connectivity index (χ1) is 12.4. The van der Waals surface area contributed by atoms with E-state index < -0.39 is 39.6 Å². The lowest BCUT2D eigenvalue weighted by Crippen LogP contribution is -2.37. The van der Waals surface area contributed by atoms with E-state index in [0.717, 1.165) is 0 Å². The topological polar surface area (TPSA) is 57.7 Å². The van der Waals surface area contributed by atoms with E-state index in [0.29, 0.717) is 11.3 Å². The van der Waals surface area contributed by atoms with Crippen LogP contribution in [0, 0.1) is 11.6 Å². The Morgan fingerprint density at radius 3 is 2.31 bits per heavy atom. The van der Waals surface area contributed by atoms with E-state index in [2.05, 4.69) is 0 Å². The zero-order chi connectivity index (χ0) is 18.5. The minimum Gasteiger partial charge on any atom is -0.314 e. The van der Waals surface area contributed by atoms with Crippen molar-refractivity contribution in [1.82, 2.24) is 4.90 Å². The number of hydrogen-bond acceptors (Lipinski definition) is 3. The quantitative estimate of drug-likeness (QED) is 0.772. The molecule has 0 spiro atoms. The van der Waals surface area contributed by atoms with Crippen LogP contribution in [0.15, 0.2) is 48.5 Å². The van der Waals surface area contributed by atoms with E-state index in [9.17, 15) is 22.0 Å². The van der Waals surface area contributed by atoms with Gasteiger partial charge in [-0.25, -0.2) is 22.0 Å². The molecule has 2 fully saturated rings.